The molecule has 0 saturated carbocycles. The molecule has 6 heteroatoms. The molecule has 0 unspecified atom stereocenters. The number of likely N-dealkylation sites (N-methyl/N-ethyl adjacent to an activating group) is 2. The standard InChI is InChI=1S/C49H55N3O3/c1-9-51(10-2)47(5,6)45(54)36-23-19-34(20-24-36)31-49(32-35-21-25-37(26-22-35)46(55)48(7,8)52(11-3)12-4)42-18-14-13-17-40(42)41-28-27-38(30-43(41)49)44(53)39-16-15-29-50-33-39/h13-30,33H,9-12,31-32H2,1-8H3. The first-order valence-electron chi connectivity index (χ1n) is 19.8. The monoisotopic (exact) mass is 733 g/mol. The van der Waals surface area contributed by atoms with Crippen LogP contribution >= 0.6 is 0 Å². The minimum Gasteiger partial charge on any atom is -0.292 e. The van der Waals surface area contributed by atoms with Gasteiger partial charge < -0.3 is 0 Å². The van der Waals surface area contributed by atoms with Crippen LogP contribution in [0.1, 0.15) is 114 Å². The van der Waals surface area contributed by atoms with Gasteiger partial charge in [-0.1, -0.05) is 113 Å². The van der Waals surface area contributed by atoms with Crippen LogP contribution in [0.4, 0.5) is 0 Å². The van der Waals surface area contributed by atoms with Gasteiger partial charge in [-0.25, -0.2) is 0 Å². The van der Waals surface area contributed by atoms with Crippen LogP contribution in [-0.4, -0.2) is 69.4 Å². The largest absolute Gasteiger partial charge is 0.292 e. The fourth-order valence-electron chi connectivity index (χ4n) is 8.97. The third-order valence-corrected chi connectivity index (χ3v) is 12.1. The summed E-state index contributed by atoms with van der Waals surface area (Å²) in [6.07, 6.45) is 4.58. The molecule has 6 rings (SSSR count). The molecule has 0 saturated heterocycles. The zero-order chi connectivity index (χ0) is 39.5. The molecule has 1 aliphatic rings. The van der Waals surface area contributed by atoms with Crippen molar-refractivity contribution in [1.82, 2.24) is 14.8 Å². The summed E-state index contributed by atoms with van der Waals surface area (Å²) >= 11 is 0. The quantitative estimate of drug-likeness (QED) is 0.0942. The summed E-state index contributed by atoms with van der Waals surface area (Å²) in [5.41, 5.74) is 7.49. The van der Waals surface area contributed by atoms with E-state index < -0.39 is 16.5 Å². The fourth-order valence-corrected chi connectivity index (χ4v) is 8.97. The van der Waals surface area contributed by atoms with E-state index in [1.807, 2.05) is 58.0 Å². The van der Waals surface area contributed by atoms with Crippen LogP contribution in [0.3, 0.4) is 0 Å². The van der Waals surface area contributed by atoms with Gasteiger partial charge in [0.2, 0.25) is 0 Å². The molecule has 0 atom stereocenters. The van der Waals surface area contributed by atoms with Crippen molar-refractivity contribution < 1.29 is 14.4 Å². The van der Waals surface area contributed by atoms with Gasteiger partial charge in [0.25, 0.3) is 0 Å². The van der Waals surface area contributed by atoms with Gasteiger partial charge in [0, 0.05) is 40.1 Å². The number of Topliss-reactive ketones (excluding diaryl/α,β-unsaturated/α-hetero) is 2. The first-order valence-corrected chi connectivity index (χ1v) is 19.8. The van der Waals surface area contributed by atoms with E-state index in [2.05, 4.69) is 103 Å². The topological polar surface area (TPSA) is 70.6 Å². The van der Waals surface area contributed by atoms with Gasteiger partial charge in [-0.3, -0.25) is 29.2 Å². The number of nitrogens with zero attached hydrogens (tertiary/aromatic N) is 3. The van der Waals surface area contributed by atoms with Crippen molar-refractivity contribution in [3.63, 3.8) is 0 Å². The summed E-state index contributed by atoms with van der Waals surface area (Å²) in [6.45, 7) is 19.6. The Morgan fingerprint density at radius 2 is 1.02 bits per heavy atom. The third kappa shape index (κ3) is 7.38. The normalized spacial score (nSPS) is 13.5. The molecular weight excluding hydrogens is 679 g/mol. The van der Waals surface area contributed by atoms with Crippen molar-refractivity contribution in [2.75, 3.05) is 26.2 Å². The number of hydrogen-bond acceptors (Lipinski definition) is 6. The first kappa shape index (κ1) is 39.6. The first-order chi connectivity index (χ1) is 26.3. The molecule has 4 aromatic carbocycles. The summed E-state index contributed by atoms with van der Waals surface area (Å²) in [6, 6.07) is 34.5. The van der Waals surface area contributed by atoms with E-state index in [1.165, 1.54) is 5.56 Å². The predicted molar refractivity (Wildman–Crippen MR) is 223 cm³/mol. The number of benzene rings is 4. The number of hydrogen-bond donors (Lipinski definition) is 0. The maximum Gasteiger partial charge on any atom is 0.194 e. The van der Waals surface area contributed by atoms with E-state index >= 15 is 0 Å². The van der Waals surface area contributed by atoms with Gasteiger partial charge in [-0.2, -0.15) is 0 Å². The molecule has 0 aliphatic heterocycles. The number of carbonyl (C=O) groups is 3. The average molecular weight is 734 g/mol. The SMILES string of the molecule is CCN(CC)C(C)(C)C(=O)c1ccc(CC2(Cc3ccc(C(=O)C(C)(C)N(CC)CC)cc3)c3ccccc3-c3ccc(C(=O)c4cccnc4)cc32)cc1. The van der Waals surface area contributed by atoms with Gasteiger partial charge >= 0.3 is 0 Å². The summed E-state index contributed by atoms with van der Waals surface area (Å²) in [7, 11) is 0. The highest BCUT2D eigenvalue weighted by Gasteiger charge is 2.44. The van der Waals surface area contributed by atoms with Gasteiger partial charge in [-0.15, -0.1) is 0 Å². The Labute approximate surface area is 327 Å². The highest BCUT2D eigenvalue weighted by Crippen LogP contribution is 2.52. The van der Waals surface area contributed by atoms with Crippen molar-refractivity contribution in [1.29, 1.82) is 0 Å². The van der Waals surface area contributed by atoms with E-state index in [4.69, 9.17) is 0 Å². The average Bonchev–Trinajstić information content (AvgIpc) is 3.46. The third-order valence-electron chi connectivity index (χ3n) is 12.1. The highest BCUT2D eigenvalue weighted by molar-refractivity contribution is 6.09. The smallest absolute Gasteiger partial charge is 0.194 e. The van der Waals surface area contributed by atoms with Gasteiger partial charge in [0.05, 0.1) is 11.1 Å². The van der Waals surface area contributed by atoms with Crippen LogP contribution in [0.25, 0.3) is 11.1 Å². The Bertz CT molecular complexity index is 2080. The highest BCUT2D eigenvalue weighted by atomic mass is 16.1. The number of aromatic nitrogens is 1. The maximum atomic E-state index is 13.9. The van der Waals surface area contributed by atoms with E-state index in [1.54, 1.807) is 24.5 Å². The molecule has 0 radical (unpaired) electrons. The lowest BCUT2D eigenvalue weighted by Gasteiger charge is -2.36. The van der Waals surface area contributed by atoms with Crippen molar-refractivity contribution in [2.24, 2.45) is 0 Å². The Morgan fingerprint density at radius 1 is 0.545 bits per heavy atom. The molecule has 0 spiro atoms. The van der Waals surface area contributed by atoms with E-state index in [-0.39, 0.29) is 17.3 Å². The van der Waals surface area contributed by atoms with E-state index in [0.717, 1.165) is 54.0 Å². The van der Waals surface area contributed by atoms with Gasteiger partial charge in [0.1, 0.15) is 0 Å². The second kappa shape index (κ2) is 16.0. The van der Waals surface area contributed by atoms with Crippen molar-refractivity contribution in [3.05, 3.63) is 160 Å². The lowest BCUT2D eigenvalue weighted by Crippen LogP contribution is -2.49. The van der Waals surface area contributed by atoms with Crippen LogP contribution < -0.4 is 0 Å². The van der Waals surface area contributed by atoms with E-state index in [9.17, 15) is 14.4 Å². The van der Waals surface area contributed by atoms with Crippen LogP contribution in [0.2, 0.25) is 0 Å². The predicted octanol–water partition coefficient (Wildman–Crippen LogP) is 9.67. The van der Waals surface area contributed by atoms with Crippen LogP contribution in [0.15, 0.2) is 116 Å². The molecule has 55 heavy (non-hydrogen) atoms. The molecule has 1 aliphatic carbocycles. The Hall–Kier alpha value is -5.04. The van der Waals surface area contributed by atoms with E-state index in [0.29, 0.717) is 35.1 Å². The van der Waals surface area contributed by atoms with Crippen molar-refractivity contribution in [2.45, 2.75) is 84.7 Å². The second-order valence-electron chi connectivity index (χ2n) is 15.8. The lowest BCUT2D eigenvalue weighted by molar-refractivity contribution is 0.0665. The maximum absolute atomic E-state index is 13.9. The molecule has 5 aromatic rings. The Kier molecular flexibility index (Phi) is 11.5. The van der Waals surface area contributed by atoms with Crippen LogP contribution in [0, 0.1) is 0 Å². The molecule has 0 N–H and O–H groups in total. The van der Waals surface area contributed by atoms with Gasteiger partial charge in [0.15, 0.2) is 17.3 Å². The minimum atomic E-state index is -0.624. The van der Waals surface area contributed by atoms with Crippen LogP contribution in [0.5, 0.6) is 0 Å². The number of rotatable bonds is 16. The molecule has 6 nitrogen and oxygen atoms in total. The number of carbonyl (C=O) groups excluding carboxylic acids is 3. The summed E-state index contributed by atoms with van der Waals surface area (Å²) in [4.78, 5) is 50.1. The van der Waals surface area contributed by atoms with Crippen LogP contribution in [-0.2, 0) is 18.3 Å². The summed E-state index contributed by atoms with van der Waals surface area (Å²) in [5.74, 6) is 0.135. The Morgan fingerprint density at radius 3 is 1.49 bits per heavy atom. The summed E-state index contributed by atoms with van der Waals surface area (Å²) < 4.78 is 0. The summed E-state index contributed by atoms with van der Waals surface area (Å²) in [5, 5.41) is 0. The molecule has 1 heterocycles. The second-order valence-corrected chi connectivity index (χ2v) is 15.8. The minimum absolute atomic E-state index is 0.0712. The fraction of sp³-hybridized carbons (Fsp3) is 0.347. The van der Waals surface area contributed by atoms with Gasteiger partial charge in [-0.05, 0) is 118 Å². The molecular formula is C49H55N3O3. The number of fused-ring (bicyclic) bond motifs is 3. The van der Waals surface area contributed by atoms with Crippen molar-refractivity contribution in [3.8, 4) is 11.1 Å². The zero-order valence-electron chi connectivity index (χ0n) is 33.8. The molecule has 1 aromatic heterocycles. The molecule has 0 fully saturated rings. The molecule has 0 amide bonds. The number of pyridine rings is 1. The molecule has 0 bridgehead atoms. The number of ketones is 3. The van der Waals surface area contributed by atoms with Crippen molar-refractivity contribution >= 4 is 17.3 Å². The molecule has 284 valence electrons. The lowest BCUT2D eigenvalue weighted by atomic mass is 9.69. The Balaban J connectivity index is 1.45. The zero-order valence-corrected chi connectivity index (χ0v) is 33.8.